The lowest BCUT2D eigenvalue weighted by atomic mass is 10.1. The van der Waals surface area contributed by atoms with Gasteiger partial charge < -0.3 is 20.7 Å². The van der Waals surface area contributed by atoms with E-state index in [0.717, 1.165) is 5.69 Å². The van der Waals surface area contributed by atoms with Gasteiger partial charge in [0, 0.05) is 37.0 Å². The van der Waals surface area contributed by atoms with Gasteiger partial charge in [-0.1, -0.05) is 6.07 Å². The fourth-order valence-corrected chi connectivity index (χ4v) is 2.84. The minimum absolute atomic E-state index is 0.0214. The third-order valence-electron chi connectivity index (χ3n) is 4.22. The standard InChI is InChI=1S/C18H19N5O4/c1-27-17-11(9-21-16(25)15(19)24)8-13-14(22-17)10-23(18(13)26)7-5-12-4-2-3-6-20-12/h2-4,6,8H,5,7,9-10H2,1H3,(H2,19,24)(H,21,25). The SMILES string of the molecule is COc1nc2c(cc1CNC(=O)C(N)=O)C(=O)N(CCc1ccccn1)C2. The molecule has 0 radical (unpaired) electrons. The molecule has 0 unspecified atom stereocenters. The van der Waals surface area contributed by atoms with Crippen molar-refractivity contribution in [2.24, 2.45) is 5.73 Å². The quantitative estimate of drug-likeness (QED) is 0.678. The van der Waals surface area contributed by atoms with E-state index in [1.807, 2.05) is 18.2 Å². The van der Waals surface area contributed by atoms with Gasteiger partial charge >= 0.3 is 11.8 Å². The number of nitrogens with zero attached hydrogens (tertiary/aromatic N) is 3. The largest absolute Gasteiger partial charge is 0.481 e. The second-order valence-corrected chi connectivity index (χ2v) is 6.00. The second kappa shape index (κ2) is 7.81. The van der Waals surface area contributed by atoms with E-state index in [2.05, 4.69) is 15.3 Å². The highest BCUT2D eigenvalue weighted by Gasteiger charge is 2.30. The van der Waals surface area contributed by atoms with Gasteiger partial charge in [-0.05, 0) is 18.2 Å². The average molecular weight is 369 g/mol. The fraction of sp³-hybridized carbons (Fsp3) is 0.278. The molecular weight excluding hydrogens is 350 g/mol. The molecule has 3 rings (SSSR count). The number of pyridine rings is 2. The van der Waals surface area contributed by atoms with E-state index in [4.69, 9.17) is 10.5 Å². The topological polar surface area (TPSA) is 128 Å². The summed E-state index contributed by atoms with van der Waals surface area (Å²) in [5.74, 6) is -1.85. The number of hydrogen-bond donors (Lipinski definition) is 2. The molecule has 0 spiro atoms. The van der Waals surface area contributed by atoms with E-state index in [1.165, 1.54) is 7.11 Å². The molecule has 1 aliphatic rings. The average Bonchev–Trinajstić information content (AvgIpc) is 2.99. The Labute approximate surface area is 155 Å². The van der Waals surface area contributed by atoms with Gasteiger partial charge in [0.1, 0.15) is 0 Å². The van der Waals surface area contributed by atoms with Crippen molar-refractivity contribution in [3.63, 3.8) is 0 Å². The lowest BCUT2D eigenvalue weighted by Gasteiger charge is -2.14. The zero-order valence-corrected chi connectivity index (χ0v) is 14.8. The summed E-state index contributed by atoms with van der Waals surface area (Å²) in [6.07, 6.45) is 2.36. The van der Waals surface area contributed by atoms with Crippen LogP contribution in [-0.2, 0) is 29.1 Å². The molecular formula is C18H19N5O4. The van der Waals surface area contributed by atoms with Crippen LogP contribution >= 0.6 is 0 Å². The maximum Gasteiger partial charge on any atom is 0.309 e. The van der Waals surface area contributed by atoms with Crippen LogP contribution in [0.5, 0.6) is 5.88 Å². The van der Waals surface area contributed by atoms with Crippen molar-refractivity contribution < 1.29 is 19.1 Å². The summed E-state index contributed by atoms with van der Waals surface area (Å²) in [6.45, 7) is 0.875. The van der Waals surface area contributed by atoms with Crippen LogP contribution in [-0.4, -0.2) is 46.2 Å². The van der Waals surface area contributed by atoms with Crippen molar-refractivity contribution in [1.82, 2.24) is 20.2 Å². The molecule has 0 atom stereocenters. The Bertz CT molecular complexity index is 885. The summed E-state index contributed by atoms with van der Waals surface area (Å²) in [4.78, 5) is 45.2. The smallest absolute Gasteiger partial charge is 0.309 e. The zero-order chi connectivity index (χ0) is 19.4. The number of rotatable bonds is 6. The fourth-order valence-electron chi connectivity index (χ4n) is 2.84. The molecule has 3 heterocycles. The number of amides is 3. The summed E-state index contributed by atoms with van der Waals surface area (Å²) in [5, 5.41) is 2.37. The van der Waals surface area contributed by atoms with Gasteiger partial charge in [-0.2, -0.15) is 0 Å². The number of nitrogens with one attached hydrogen (secondary N) is 1. The van der Waals surface area contributed by atoms with E-state index in [1.54, 1.807) is 17.2 Å². The maximum absolute atomic E-state index is 12.7. The van der Waals surface area contributed by atoms with Gasteiger partial charge in [0.05, 0.1) is 24.9 Å². The van der Waals surface area contributed by atoms with E-state index < -0.39 is 11.8 Å². The molecule has 0 saturated heterocycles. The molecule has 0 aliphatic carbocycles. The van der Waals surface area contributed by atoms with Gasteiger partial charge in [0.25, 0.3) is 5.91 Å². The molecule has 140 valence electrons. The molecule has 9 heteroatoms. The van der Waals surface area contributed by atoms with Crippen LogP contribution in [0.4, 0.5) is 0 Å². The first-order valence-corrected chi connectivity index (χ1v) is 8.33. The van der Waals surface area contributed by atoms with Gasteiger partial charge in [-0.25, -0.2) is 4.98 Å². The molecule has 2 aromatic rings. The molecule has 1 aliphatic heterocycles. The number of aromatic nitrogens is 2. The summed E-state index contributed by atoms with van der Waals surface area (Å²) >= 11 is 0. The Morgan fingerprint density at radius 3 is 2.85 bits per heavy atom. The van der Waals surface area contributed by atoms with Crippen molar-refractivity contribution in [2.45, 2.75) is 19.5 Å². The normalized spacial score (nSPS) is 12.6. The van der Waals surface area contributed by atoms with Crippen LogP contribution in [0, 0.1) is 0 Å². The third-order valence-corrected chi connectivity index (χ3v) is 4.22. The minimum atomic E-state index is -1.08. The van der Waals surface area contributed by atoms with Crippen molar-refractivity contribution in [1.29, 1.82) is 0 Å². The number of carbonyl (C=O) groups excluding carboxylic acids is 3. The zero-order valence-electron chi connectivity index (χ0n) is 14.8. The summed E-state index contributed by atoms with van der Waals surface area (Å²) in [6, 6.07) is 7.29. The Balaban J connectivity index is 1.73. The van der Waals surface area contributed by atoms with Crippen LogP contribution in [0.2, 0.25) is 0 Å². The van der Waals surface area contributed by atoms with Crippen molar-refractivity contribution in [3.05, 3.63) is 53.0 Å². The van der Waals surface area contributed by atoms with Crippen LogP contribution in [0.1, 0.15) is 27.3 Å². The summed E-state index contributed by atoms with van der Waals surface area (Å²) in [5.41, 5.74) is 7.39. The van der Waals surface area contributed by atoms with Gasteiger partial charge in [-0.15, -0.1) is 0 Å². The maximum atomic E-state index is 12.7. The number of methoxy groups -OCH3 is 1. The first-order valence-electron chi connectivity index (χ1n) is 8.33. The van der Waals surface area contributed by atoms with E-state index in [9.17, 15) is 14.4 Å². The highest BCUT2D eigenvalue weighted by molar-refractivity contribution is 6.34. The molecule has 9 nitrogen and oxygen atoms in total. The van der Waals surface area contributed by atoms with E-state index in [0.29, 0.717) is 36.3 Å². The highest BCUT2D eigenvalue weighted by atomic mass is 16.5. The Hall–Kier alpha value is -3.49. The number of ether oxygens (including phenoxy) is 1. The van der Waals surface area contributed by atoms with Crippen molar-refractivity contribution in [2.75, 3.05) is 13.7 Å². The molecule has 0 bridgehead atoms. The number of nitrogens with two attached hydrogens (primary N) is 1. The highest BCUT2D eigenvalue weighted by Crippen LogP contribution is 2.27. The molecule has 2 aromatic heterocycles. The lowest BCUT2D eigenvalue weighted by molar-refractivity contribution is -0.137. The van der Waals surface area contributed by atoms with Gasteiger partial charge in [0.15, 0.2) is 0 Å². The molecule has 0 aromatic carbocycles. The van der Waals surface area contributed by atoms with Crippen LogP contribution in [0.25, 0.3) is 0 Å². The molecule has 27 heavy (non-hydrogen) atoms. The Morgan fingerprint density at radius 1 is 1.37 bits per heavy atom. The monoisotopic (exact) mass is 369 g/mol. The van der Waals surface area contributed by atoms with Crippen LogP contribution in [0.15, 0.2) is 30.5 Å². The first kappa shape index (κ1) is 18.3. The van der Waals surface area contributed by atoms with Gasteiger partial charge in [-0.3, -0.25) is 19.4 Å². The second-order valence-electron chi connectivity index (χ2n) is 6.00. The van der Waals surface area contributed by atoms with Crippen molar-refractivity contribution >= 4 is 17.7 Å². The first-order chi connectivity index (χ1) is 13.0. The number of fused-ring (bicyclic) bond motifs is 1. The number of carbonyl (C=O) groups is 3. The predicted molar refractivity (Wildman–Crippen MR) is 94.5 cm³/mol. The minimum Gasteiger partial charge on any atom is -0.481 e. The Kier molecular flexibility index (Phi) is 5.30. The summed E-state index contributed by atoms with van der Waals surface area (Å²) in [7, 11) is 1.45. The summed E-state index contributed by atoms with van der Waals surface area (Å²) < 4.78 is 5.24. The predicted octanol–water partition coefficient (Wildman–Crippen LogP) is -0.215. The molecule has 3 N–H and O–H groups in total. The van der Waals surface area contributed by atoms with Gasteiger partial charge in [0.2, 0.25) is 5.88 Å². The van der Waals surface area contributed by atoms with E-state index >= 15 is 0 Å². The number of hydrogen-bond acceptors (Lipinski definition) is 6. The third kappa shape index (κ3) is 4.02. The van der Waals surface area contributed by atoms with Crippen LogP contribution < -0.4 is 15.8 Å². The Morgan fingerprint density at radius 2 is 2.19 bits per heavy atom. The van der Waals surface area contributed by atoms with Crippen LogP contribution in [0.3, 0.4) is 0 Å². The molecule has 0 saturated carbocycles. The van der Waals surface area contributed by atoms with E-state index in [-0.39, 0.29) is 18.3 Å². The number of primary amides is 1. The molecule has 0 fully saturated rings. The van der Waals surface area contributed by atoms with Crippen molar-refractivity contribution in [3.8, 4) is 5.88 Å². The lowest BCUT2D eigenvalue weighted by Crippen LogP contribution is -2.35. The molecule has 3 amide bonds.